The van der Waals surface area contributed by atoms with Crippen molar-refractivity contribution in [2.45, 2.75) is 63.8 Å². The minimum Gasteiger partial charge on any atom is -0.365 e. The summed E-state index contributed by atoms with van der Waals surface area (Å²) in [4.78, 5) is 0. The highest BCUT2D eigenvalue weighted by Crippen LogP contribution is 2.36. The molecule has 0 saturated carbocycles. The van der Waals surface area contributed by atoms with E-state index in [1.807, 2.05) is 0 Å². The first-order valence-electron chi connectivity index (χ1n) is 9.09. The van der Waals surface area contributed by atoms with Crippen molar-refractivity contribution in [3.8, 4) is 0 Å². The van der Waals surface area contributed by atoms with Crippen LogP contribution in [0.25, 0.3) is 0 Å². The molecule has 0 bridgehead atoms. The van der Waals surface area contributed by atoms with Gasteiger partial charge < -0.3 is 10.1 Å². The number of nitrogens with one attached hydrogen (secondary N) is 1. The molecule has 0 amide bonds. The van der Waals surface area contributed by atoms with Gasteiger partial charge in [0.15, 0.2) is 0 Å². The monoisotopic (exact) mass is 359 g/mol. The lowest BCUT2D eigenvalue weighted by atomic mass is 9.81. The van der Waals surface area contributed by atoms with Crippen LogP contribution in [0.1, 0.15) is 57.8 Å². The van der Waals surface area contributed by atoms with Gasteiger partial charge in [-0.25, -0.2) is 8.78 Å². The zero-order valence-corrected chi connectivity index (χ0v) is 15.9. The van der Waals surface area contributed by atoms with Crippen molar-refractivity contribution in [1.82, 2.24) is 5.32 Å². The van der Waals surface area contributed by atoms with E-state index >= 15 is 0 Å². The van der Waals surface area contributed by atoms with Crippen LogP contribution in [0.15, 0.2) is 48.5 Å². The van der Waals surface area contributed by atoms with Crippen LogP contribution in [0.4, 0.5) is 8.78 Å². The first-order valence-corrected chi connectivity index (χ1v) is 9.09. The standard InChI is InChI=1S/C22H27F2NO/c1-21(2)13-19(14-22(3,4)25-21)26-20(15-5-9-17(23)10-6-15)16-7-11-18(24)12-8-16/h5-12,19-20,25H,13-14H2,1-4H3. The third-order valence-corrected chi connectivity index (χ3v) is 4.83. The minimum atomic E-state index is -0.356. The molecule has 0 unspecified atom stereocenters. The molecule has 0 atom stereocenters. The second kappa shape index (κ2) is 7.09. The van der Waals surface area contributed by atoms with E-state index in [1.54, 1.807) is 24.3 Å². The summed E-state index contributed by atoms with van der Waals surface area (Å²) < 4.78 is 33.3. The topological polar surface area (TPSA) is 21.3 Å². The summed E-state index contributed by atoms with van der Waals surface area (Å²) in [5.41, 5.74) is 1.66. The van der Waals surface area contributed by atoms with Gasteiger partial charge in [-0.3, -0.25) is 0 Å². The van der Waals surface area contributed by atoms with Crippen LogP contribution in [-0.2, 0) is 4.74 Å². The molecule has 26 heavy (non-hydrogen) atoms. The number of hydrogen-bond donors (Lipinski definition) is 1. The second-order valence-corrected chi connectivity index (χ2v) is 8.54. The fraction of sp³-hybridized carbons (Fsp3) is 0.455. The minimum absolute atomic E-state index is 0.0391. The summed E-state index contributed by atoms with van der Waals surface area (Å²) >= 11 is 0. The average molecular weight is 359 g/mol. The van der Waals surface area contributed by atoms with Crippen molar-refractivity contribution >= 4 is 0 Å². The molecule has 3 rings (SSSR count). The normalized spacial score (nSPS) is 19.7. The average Bonchev–Trinajstić information content (AvgIpc) is 2.52. The molecular formula is C22H27F2NO. The van der Waals surface area contributed by atoms with E-state index in [4.69, 9.17) is 4.74 Å². The summed E-state index contributed by atoms with van der Waals surface area (Å²) in [7, 11) is 0. The van der Waals surface area contributed by atoms with Gasteiger partial charge in [-0.05, 0) is 75.9 Å². The lowest BCUT2D eigenvalue weighted by molar-refractivity contribution is -0.0510. The Balaban J connectivity index is 1.90. The van der Waals surface area contributed by atoms with Crippen molar-refractivity contribution in [1.29, 1.82) is 0 Å². The van der Waals surface area contributed by atoms with Gasteiger partial charge in [0.2, 0.25) is 0 Å². The van der Waals surface area contributed by atoms with Crippen LogP contribution in [0.5, 0.6) is 0 Å². The number of piperidine rings is 1. The fourth-order valence-corrected chi connectivity index (χ4v) is 4.14. The van der Waals surface area contributed by atoms with Crippen LogP contribution in [0.3, 0.4) is 0 Å². The lowest BCUT2D eigenvalue weighted by Gasteiger charge is -2.47. The maximum Gasteiger partial charge on any atom is 0.123 e. The zero-order valence-electron chi connectivity index (χ0n) is 15.9. The van der Waals surface area contributed by atoms with E-state index in [9.17, 15) is 8.78 Å². The first kappa shape index (κ1) is 19.0. The molecule has 2 aromatic carbocycles. The quantitative estimate of drug-likeness (QED) is 0.791. The smallest absolute Gasteiger partial charge is 0.123 e. The van der Waals surface area contributed by atoms with Gasteiger partial charge in [-0.15, -0.1) is 0 Å². The van der Waals surface area contributed by atoms with Crippen molar-refractivity contribution in [3.05, 3.63) is 71.3 Å². The first-order chi connectivity index (χ1) is 12.1. The number of ether oxygens (including phenoxy) is 1. The van der Waals surface area contributed by atoms with Crippen LogP contribution < -0.4 is 5.32 Å². The molecule has 0 aromatic heterocycles. The molecule has 4 heteroatoms. The van der Waals surface area contributed by atoms with Crippen molar-refractivity contribution in [3.63, 3.8) is 0 Å². The molecule has 2 aromatic rings. The Kier molecular flexibility index (Phi) is 5.18. The number of rotatable bonds is 4. The van der Waals surface area contributed by atoms with E-state index in [1.165, 1.54) is 24.3 Å². The molecule has 2 nitrogen and oxygen atoms in total. The molecule has 0 spiro atoms. The largest absolute Gasteiger partial charge is 0.365 e. The molecule has 1 aliphatic rings. The van der Waals surface area contributed by atoms with Crippen LogP contribution >= 0.6 is 0 Å². The second-order valence-electron chi connectivity index (χ2n) is 8.54. The molecule has 1 N–H and O–H groups in total. The predicted octanol–water partition coefficient (Wildman–Crippen LogP) is 5.38. The summed E-state index contributed by atoms with van der Waals surface area (Å²) in [6.07, 6.45) is 1.43. The van der Waals surface area contributed by atoms with Gasteiger partial charge in [0.05, 0.1) is 6.10 Å². The summed E-state index contributed by atoms with van der Waals surface area (Å²) in [5, 5.41) is 3.65. The Hall–Kier alpha value is -1.78. The predicted molar refractivity (Wildman–Crippen MR) is 100 cm³/mol. The number of hydrogen-bond acceptors (Lipinski definition) is 2. The number of halogens is 2. The van der Waals surface area contributed by atoms with Crippen molar-refractivity contribution in [2.24, 2.45) is 0 Å². The van der Waals surface area contributed by atoms with E-state index in [0.29, 0.717) is 0 Å². The van der Waals surface area contributed by atoms with E-state index in [2.05, 4.69) is 33.0 Å². The molecule has 1 saturated heterocycles. The third-order valence-electron chi connectivity index (χ3n) is 4.83. The Labute approximate surface area is 154 Å². The van der Waals surface area contributed by atoms with Gasteiger partial charge in [0, 0.05) is 11.1 Å². The molecule has 140 valence electrons. The maximum absolute atomic E-state index is 13.4. The zero-order chi connectivity index (χ0) is 18.9. The van der Waals surface area contributed by atoms with Crippen LogP contribution in [-0.4, -0.2) is 17.2 Å². The van der Waals surface area contributed by atoms with Gasteiger partial charge in [-0.1, -0.05) is 24.3 Å². The van der Waals surface area contributed by atoms with E-state index in [-0.39, 0.29) is 34.9 Å². The molecule has 1 aliphatic heterocycles. The lowest BCUT2D eigenvalue weighted by Crippen LogP contribution is -2.59. The van der Waals surface area contributed by atoms with Gasteiger partial charge in [0.25, 0.3) is 0 Å². The highest BCUT2D eigenvalue weighted by molar-refractivity contribution is 5.30. The maximum atomic E-state index is 13.4. The molecule has 1 fully saturated rings. The molecule has 0 aliphatic carbocycles. The highest BCUT2D eigenvalue weighted by atomic mass is 19.1. The Bertz CT molecular complexity index is 676. The Morgan fingerprint density at radius 3 is 1.58 bits per heavy atom. The van der Waals surface area contributed by atoms with E-state index in [0.717, 1.165) is 24.0 Å². The van der Waals surface area contributed by atoms with Crippen molar-refractivity contribution in [2.75, 3.05) is 0 Å². The van der Waals surface area contributed by atoms with Crippen LogP contribution in [0.2, 0.25) is 0 Å². The van der Waals surface area contributed by atoms with E-state index < -0.39 is 0 Å². The van der Waals surface area contributed by atoms with Gasteiger partial charge in [0.1, 0.15) is 17.7 Å². The van der Waals surface area contributed by atoms with Gasteiger partial charge >= 0.3 is 0 Å². The molecular weight excluding hydrogens is 332 g/mol. The Morgan fingerprint density at radius 2 is 1.19 bits per heavy atom. The van der Waals surface area contributed by atoms with Gasteiger partial charge in [-0.2, -0.15) is 0 Å². The summed E-state index contributed by atoms with van der Waals surface area (Å²) in [6, 6.07) is 12.7. The molecule has 1 heterocycles. The third kappa shape index (κ3) is 4.68. The highest BCUT2D eigenvalue weighted by Gasteiger charge is 2.39. The number of benzene rings is 2. The SMILES string of the molecule is CC1(C)CC(OC(c2ccc(F)cc2)c2ccc(F)cc2)CC(C)(C)N1. The van der Waals surface area contributed by atoms with Crippen molar-refractivity contribution < 1.29 is 13.5 Å². The molecule has 0 radical (unpaired) electrons. The Morgan fingerprint density at radius 1 is 0.808 bits per heavy atom. The summed E-state index contributed by atoms with van der Waals surface area (Å²) in [5.74, 6) is -0.563. The fourth-order valence-electron chi connectivity index (χ4n) is 4.14. The van der Waals surface area contributed by atoms with Crippen LogP contribution in [0, 0.1) is 11.6 Å². The summed E-state index contributed by atoms with van der Waals surface area (Å²) in [6.45, 7) is 8.70.